The Kier molecular flexibility index (Phi) is 6.00. The van der Waals surface area contributed by atoms with Gasteiger partial charge in [0.25, 0.3) is 11.8 Å². The minimum atomic E-state index is -0.283. The molecule has 0 saturated carbocycles. The van der Waals surface area contributed by atoms with Gasteiger partial charge in [0.15, 0.2) is 0 Å². The van der Waals surface area contributed by atoms with Gasteiger partial charge in [-0.2, -0.15) is 0 Å². The van der Waals surface area contributed by atoms with Crippen LogP contribution in [0.25, 0.3) is 6.08 Å². The van der Waals surface area contributed by atoms with Crippen LogP contribution in [-0.2, 0) is 0 Å². The maximum absolute atomic E-state index is 12.6. The zero-order chi connectivity index (χ0) is 20.8. The van der Waals surface area contributed by atoms with Crippen LogP contribution in [0.4, 0.5) is 17.1 Å². The number of rotatable bonds is 6. The maximum Gasteiger partial charge on any atom is 0.255 e. The summed E-state index contributed by atoms with van der Waals surface area (Å²) in [6, 6.07) is 19.5. The quantitative estimate of drug-likeness (QED) is 0.554. The Balaban J connectivity index is 1.79. The normalized spacial score (nSPS) is 10.1. The van der Waals surface area contributed by atoms with Crippen molar-refractivity contribution in [3.8, 4) is 0 Å². The Hall–Kier alpha value is -3.99. The molecule has 0 aliphatic carbocycles. The largest absolute Gasteiger partial charge is 0.322 e. The molecule has 0 fully saturated rings. The summed E-state index contributed by atoms with van der Waals surface area (Å²) in [7, 11) is 0. The van der Waals surface area contributed by atoms with Gasteiger partial charge in [0.1, 0.15) is 0 Å². The van der Waals surface area contributed by atoms with Gasteiger partial charge in [-0.3, -0.25) is 14.6 Å². The highest BCUT2D eigenvalue weighted by atomic mass is 16.2. The molecule has 2 N–H and O–H groups in total. The van der Waals surface area contributed by atoms with E-state index in [1.54, 1.807) is 48.5 Å². The summed E-state index contributed by atoms with van der Waals surface area (Å²) >= 11 is 0. The number of aliphatic imine (C=N–C) groups is 1. The molecule has 0 aromatic heterocycles. The number of nitrogens with one attached hydrogen (secondary N) is 2. The average molecular weight is 383 g/mol. The van der Waals surface area contributed by atoms with Crippen molar-refractivity contribution >= 4 is 41.7 Å². The van der Waals surface area contributed by atoms with Gasteiger partial charge in [-0.1, -0.05) is 43.0 Å². The van der Waals surface area contributed by atoms with E-state index in [2.05, 4.69) is 28.9 Å². The summed E-state index contributed by atoms with van der Waals surface area (Å²) in [5.74, 6) is -0.492. The van der Waals surface area contributed by atoms with Crippen molar-refractivity contribution < 1.29 is 9.59 Å². The highest BCUT2D eigenvalue weighted by molar-refractivity contribution is 6.07. The van der Waals surface area contributed by atoms with Crippen LogP contribution in [0.2, 0.25) is 0 Å². The van der Waals surface area contributed by atoms with Crippen LogP contribution in [-0.4, -0.2) is 18.5 Å². The molecule has 0 bridgehead atoms. The number of benzene rings is 3. The smallest absolute Gasteiger partial charge is 0.255 e. The second-order valence-electron chi connectivity index (χ2n) is 6.44. The number of carbonyl (C=O) groups excluding carboxylic acids is 2. The SMILES string of the molecule is C=Cc1ccc(C(=O)Nc2ccc(C)c(NC(=O)c3ccccc3)c2)cc1N=C. The van der Waals surface area contributed by atoms with E-state index in [0.29, 0.717) is 28.2 Å². The van der Waals surface area contributed by atoms with E-state index < -0.39 is 0 Å². The molecule has 144 valence electrons. The summed E-state index contributed by atoms with van der Waals surface area (Å²) in [6.07, 6.45) is 1.66. The number of anilines is 2. The lowest BCUT2D eigenvalue weighted by atomic mass is 10.1. The number of hydrogen-bond acceptors (Lipinski definition) is 3. The summed E-state index contributed by atoms with van der Waals surface area (Å²) < 4.78 is 0. The Morgan fingerprint density at radius 1 is 0.897 bits per heavy atom. The summed E-state index contributed by atoms with van der Waals surface area (Å²) in [5, 5.41) is 5.74. The molecule has 5 nitrogen and oxygen atoms in total. The molecule has 0 saturated heterocycles. The number of hydrogen-bond donors (Lipinski definition) is 2. The van der Waals surface area contributed by atoms with Crippen LogP contribution in [0.3, 0.4) is 0 Å². The van der Waals surface area contributed by atoms with E-state index in [0.717, 1.165) is 11.1 Å². The molecule has 0 spiro atoms. The first-order valence-electron chi connectivity index (χ1n) is 9.03. The van der Waals surface area contributed by atoms with E-state index in [1.165, 1.54) is 0 Å². The standard InChI is InChI=1S/C24H21N3O2/c1-4-17-11-12-19(14-22(17)25-3)24(29)26-20-13-10-16(2)21(15-20)27-23(28)18-8-6-5-7-9-18/h4-15H,1,3H2,2H3,(H,26,29)(H,27,28). The van der Waals surface area contributed by atoms with Crippen molar-refractivity contribution in [1.82, 2.24) is 0 Å². The van der Waals surface area contributed by atoms with Crippen molar-refractivity contribution in [2.45, 2.75) is 6.92 Å². The highest BCUT2D eigenvalue weighted by Gasteiger charge is 2.11. The van der Waals surface area contributed by atoms with Crippen LogP contribution in [0, 0.1) is 6.92 Å². The Morgan fingerprint density at radius 2 is 1.62 bits per heavy atom. The third-order valence-electron chi connectivity index (χ3n) is 4.46. The zero-order valence-electron chi connectivity index (χ0n) is 16.1. The van der Waals surface area contributed by atoms with Gasteiger partial charge >= 0.3 is 0 Å². The second kappa shape index (κ2) is 8.80. The van der Waals surface area contributed by atoms with Crippen molar-refractivity contribution in [1.29, 1.82) is 0 Å². The van der Waals surface area contributed by atoms with Gasteiger partial charge in [0.05, 0.1) is 5.69 Å². The molecule has 3 aromatic carbocycles. The number of aryl methyl sites for hydroxylation is 1. The fourth-order valence-corrected chi connectivity index (χ4v) is 2.82. The molecule has 0 aliphatic heterocycles. The first-order valence-corrected chi connectivity index (χ1v) is 9.03. The van der Waals surface area contributed by atoms with E-state index in [1.807, 2.05) is 31.2 Å². The monoisotopic (exact) mass is 383 g/mol. The summed E-state index contributed by atoms with van der Waals surface area (Å²) in [5.41, 5.74) is 4.50. The fourth-order valence-electron chi connectivity index (χ4n) is 2.82. The predicted octanol–water partition coefficient (Wildman–Crippen LogP) is 5.47. The van der Waals surface area contributed by atoms with Gasteiger partial charge in [-0.25, -0.2) is 0 Å². The Labute approximate surface area is 169 Å². The van der Waals surface area contributed by atoms with E-state index in [9.17, 15) is 9.59 Å². The molecule has 0 aliphatic rings. The number of amides is 2. The van der Waals surface area contributed by atoms with Crippen LogP contribution in [0.1, 0.15) is 31.8 Å². The molecule has 0 radical (unpaired) electrons. The number of nitrogens with zero attached hydrogens (tertiary/aromatic N) is 1. The van der Waals surface area contributed by atoms with E-state index in [4.69, 9.17) is 0 Å². The Morgan fingerprint density at radius 3 is 2.31 bits per heavy atom. The molecule has 5 heteroatoms. The van der Waals surface area contributed by atoms with Crippen molar-refractivity contribution in [3.05, 3.63) is 95.6 Å². The van der Waals surface area contributed by atoms with Gasteiger partial charge in [-0.15, -0.1) is 0 Å². The van der Waals surface area contributed by atoms with Crippen molar-refractivity contribution in [2.75, 3.05) is 10.6 Å². The lowest BCUT2D eigenvalue weighted by molar-refractivity contribution is 0.101. The third-order valence-corrected chi connectivity index (χ3v) is 4.46. The second-order valence-corrected chi connectivity index (χ2v) is 6.44. The zero-order valence-corrected chi connectivity index (χ0v) is 16.1. The maximum atomic E-state index is 12.6. The number of carbonyl (C=O) groups is 2. The molecule has 29 heavy (non-hydrogen) atoms. The van der Waals surface area contributed by atoms with Gasteiger partial charge in [-0.05, 0) is 61.2 Å². The summed E-state index contributed by atoms with van der Waals surface area (Å²) in [6.45, 7) is 9.14. The van der Waals surface area contributed by atoms with Crippen LogP contribution in [0.15, 0.2) is 78.3 Å². The van der Waals surface area contributed by atoms with Crippen LogP contribution < -0.4 is 10.6 Å². The van der Waals surface area contributed by atoms with Gasteiger partial charge < -0.3 is 10.6 Å². The van der Waals surface area contributed by atoms with Crippen LogP contribution in [0.5, 0.6) is 0 Å². The lowest BCUT2D eigenvalue weighted by Gasteiger charge is -2.12. The fraction of sp³-hybridized carbons (Fsp3) is 0.0417. The molecule has 0 unspecified atom stereocenters. The molecule has 0 heterocycles. The topological polar surface area (TPSA) is 70.6 Å². The summed E-state index contributed by atoms with van der Waals surface area (Å²) in [4.78, 5) is 29.0. The minimum Gasteiger partial charge on any atom is -0.322 e. The van der Waals surface area contributed by atoms with Crippen molar-refractivity contribution in [2.24, 2.45) is 4.99 Å². The molecular formula is C24H21N3O2. The Bertz CT molecular complexity index is 1090. The first kappa shape index (κ1) is 19.8. The average Bonchev–Trinajstić information content (AvgIpc) is 2.76. The lowest BCUT2D eigenvalue weighted by Crippen LogP contribution is -2.14. The van der Waals surface area contributed by atoms with Gasteiger partial charge in [0.2, 0.25) is 0 Å². The van der Waals surface area contributed by atoms with E-state index >= 15 is 0 Å². The minimum absolute atomic E-state index is 0.209. The molecule has 0 atom stereocenters. The molecule has 2 amide bonds. The third kappa shape index (κ3) is 4.65. The highest BCUT2D eigenvalue weighted by Crippen LogP contribution is 2.24. The van der Waals surface area contributed by atoms with Crippen molar-refractivity contribution in [3.63, 3.8) is 0 Å². The van der Waals surface area contributed by atoms with Gasteiger partial charge in [0, 0.05) is 22.5 Å². The first-order chi connectivity index (χ1) is 14.0. The van der Waals surface area contributed by atoms with E-state index in [-0.39, 0.29) is 11.8 Å². The molecule has 3 aromatic rings. The predicted molar refractivity (Wildman–Crippen MR) is 119 cm³/mol. The molecular weight excluding hydrogens is 362 g/mol. The molecule has 3 rings (SSSR count). The van der Waals surface area contributed by atoms with Crippen LogP contribution >= 0.6 is 0 Å².